The molecule has 0 aliphatic heterocycles. The van der Waals surface area contributed by atoms with Crippen molar-refractivity contribution in [3.8, 4) is 5.69 Å². The van der Waals surface area contributed by atoms with E-state index in [2.05, 4.69) is 42.3 Å². The van der Waals surface area contributed by atoms with Crippen LogP contribution in [-0.4, -0.2) is 24.9 Å². The maximum absolute atomic E-state index is 13.8. The molecular formula is C23H26N4OS2. The molecule has 0 saturated carbocycles. The summed E-state index contributed by atoms with van der Waals surface area (Å²) in [5.74, 6) is 2.14. The molecule has 5 nitrogen and oxygen atoms in total. The van der Waals surface area contributed by atoms with Gasteiger partial charge in [-0.05, 0) is 54.0 Å². The molecule has 0 saturated heterocycles. The van der Waals surface area contributed by atoms with E-state index in [0.29, 0.717) is 11.7 Å². The van der Waals surface area contributed by atoms with Gasteiger partial charge in [-0.3, -0.25) is 4.79 Å². The molecular weight excluding hydrogens is 412 g/mol. The van der Waals surface area contributed by atoms with Crippen LogP contribution in [-0.2, 0) is 12.8 Å². The summed E-state index contributed by atoms with van der Waals surface area (Å²) in [6.45, 7) is 9.09. The Morgan fingerprint density at radius 3 is 2.67 bits per heavy atom. The molecule has 1 aliphatic carbocycles. The Morgan fingerprint density at radius 1 is 1.20 bits per heavy atom. The molecule has 156 valence electrons. The number of para-hydroxylation sites is 1. The number of nitrogens with zero attached hydrogens (tertiary/aromatic N) is 4. The van der Waals surface area contributed by atoms with E-state index in [1.54, 1.807) is 27.7 Å². The highest BCUT2D eigenvalue weighted by atomic mass is 32.2. The fourth-order valence-corrected chi connectivity index (χ4v) is 6.64. The zero-order valence-corrected chi connectivity index (χ0v) is 19.4. The zero-order valence-electron chi connectivity index (χ0n) is 17.8. The predicted octanol–water partition coefficient (Wildman–Crippen LogP) is 5.36. The summed E-state index contributed by atoms with van der Waals surface area (Å²) in [6, 6.07) is 9.80. The van der Waals surface area contributed by atoms with E-state index in [9.17, 15) is 4.79 Å². The van der Waals surface area contributed by atoms with Crippen molar-refractivity contribution in [1.29, 1.82) is 0 Å². The molecule has 30 heavy (non-hydrogen) atoms. The molecule has 0 spiro atoms. The van der Waals surface area contributed by atoms with Crippen LogP contribution in [0.1, 0.15) is 44.6 Å². The summed E-state index contributed by atoms with van der Waals surface area (Å²) in [7, 11) is 0. The van der Waals surface area contributed by atoms with Crippen molar-refractivity contribution in [3.63, 3.8) is 0 Å². The van der Waals surface area contributed by atoms with Gasteiger partial charge in [0.1, 0.15) is 4.83 Å². The highest BCUT2D eigenvalue weighted by Gasteiger charge is 2.33. The summed E-state index contributed by atoms with van der Waals surface area (Å²) >= 11 is 3.44. The fraction of sp³-hybridized carbons (Fsp3) is 0.435. The Hall–Kier alpha value is -2.12. The molecule has 1 aromatic carbocycles. The molecule has 1 aliphatic rings. The second kappa shape index (κ2) is 7.24. The number of hydrogen-bond acceptors (Lipinski definition) is 5. The highest BCUT2D eigenvalue weighted by Crippen LogP contribution is 2.43. The Kier molecular flexibility index (Phi) is 4.78. The van der Waals surface area contributed by atoms with Crippen LogP contribution in [0.25, 0.3) is 21.7 Å². The standard InChI is InChI=1S/C23H26N4OS2/c1-5-29-22-25-24-21-26(15-9-7-6-8-10-15)19(28)18-16-12-11-14(23(2,3)4)13-17(16)30-20(18)27(21)22/h6-10,14H,5,11-13H2,1-4H3. The van der Waals surface area contributed by atoms with Gasteiger partial charge in [0, 0.05) is 4.88 Å². The topological polar surface area (TPSA) is 52.2 Å². The molecule has 4 aromatic rings. The summed E-state index contributed by atoms with van der Waals surface area (Å²) < 4.78 is 3.84. The van der Waals surface area contributed by atoms with E-state index >= 15 is 0 Å². The van der Waals surface area contributed by atoms with Crippen LogP contribution in [0.15, 0.2) is 40.3 Å². The zero-order chi connectivity index (χ0) is 21.0. The molecule has 0 fully saturated rings. The van der Waals surface area contributed by atoms with Crippen molar-refractivity contribution >= 4 is 39.1 Å². The number of aryl methyl sites for hydroxylation is 1. The molecule has 0 N–H and O–H groups in total. The lowest BCUT2D eigenvalue weighted by molar-refractivity contribution is 0.218. The first kappa shape index (κ1) is 19.8. The van der Waals surface area contributed by atoms with Crippen LogP contribution >= 0.6 is 23.1 Å². The average molecular weight is 439 g/mol. The molecule has 0 radical (unpaired) electrons. The quantitative estimate of drug-likeness (QED) is 0.404. The third-order valence-electron chi connectivity index (χ3n) is 6.20. The van der Waals surface area contributed by atoms with Gasteiger partial charge in [0.2, 0.25) is 5.78 Å². The van der Waals surface area contributed by atoms with Crippen LogP contribution < -0.4 is 5.56 Å². The van der Waals surface area contributed by atoms with Gasteiger partial charge in [-0.15, -0.1) is 21.5 Å². The summed E-state index contributed by atoms with van der Waals surface area (Å²) in [6.07, 6.45) is 3.14. The summed E-state index contributed by atoms with van der Waals surface area (Å²) in [5.41, 5.74) is 2.37. The molecule has 1 atom stereocenters. The van der Waals surface area contributed by atoms with Crippen molar-refractivity contribution in [2.75, 3.05) is 5.75 Å². The van der Waals surface area contributed by atoms with E-state index in [4.69, 9.17) is 0 Å². The average Bonchev–Trinajstić information content (AvgIpc) is 3.29. The van der Waals surface area contributed by atoms with Gasteiger partial charge in [0.05, 0.1) is 11.1 Å². The minimum atomic E-state index is 0.0239. The van der Waals surface area contributed by atoms with Crippen LogP contribution in [0.2, 0.25) is 0 Å². The smallest absolute Gasteiger partial charge is 0.268 e. The molecule has 0 bridgehead atoms. The van der Waals surface area contributed by atoms with Crippen LogP contribution in [0.4, 0.5) is 0 Å². The van der Waals surface area contributed by atoms with Crippen molar-refractivity contribution in [3.05, 3.63) is 51.1 Å². The van der Waals surface area contributed by atoms with E-state index in [1.165, 1.54) is 10.4 Å². The van der Waals surface area contributed by atoms with Crippen LogP contribution in [0.5, 0.6) is 0 Å². The third kappa shape index (κ3) is 3.02. The van der Waals surface area contributed by atoms with Gasteiger partial charge in [-0.25, -0.2) is 8.97 Å². The Morgan fingerprint density at radius 2 is 1.97 bits per heavy atom. The van der Waals surface area contributed by atoms with E-state index in [-0.39, 0.29) is 11.0 Å². The van der Waals surface area contributed by atoms with Crippen LogP contribution in [0, 0.1) is 11.3 Å². The SMILES string of the molecule is CCSc1nnc2n(-c3ccccc3)c(=O)c3c4c(sc3n12)CC(C(C)(C)C)CC4. The Labute approximate surface area is 184 Å². The largest absolute Gasteiger partial charge is 0.268 e. The van der Waals surface area contributed by atoms with Gasteiger partial charge in [-0.2, -0.15) is 0 Å². The van der Waals surface area contributed by atoms with Gasteiger partial charge in [0.15, 0.2) is 5.16 Å². The van der Waals surface area contributed by atoms with Gasteiger partial charge < -0.3 is 0 Å². The number of rotatable bonds is 3. The van der Waals surface area contributed by atoms with Crippen LogP contribution in [0.3, 0.4) is 0 Å². The molecule has 3 aromatic heterocycles. The molecule has 5 rings (SSSR count). The maximum Gasteiger partial charge on any atom is 0.268 e. The fourth-order valence-electron chi connectivity index (χ4n) is 4.51. The normalized spacial score (nSPS) is 17.0. The van der Waals surface area contributed by atoms with Crippen molar-refractivity contribution < 1.29 is 0 Å². The number of hydrogen-bond donors (Lipinski definition) is 0. The number of aromatic nitrogens is 4. The highest BCUT2D eigenvalue weighted by molar-refractivity contribution is 7.99. The van der Waals surface area contributed by atoms with E-state index in [1.807, 2.05) is 30.3 Å². The molecule has 1 unspecified atom stereocenters. The number of thioether (sulfide) groups is 1. The Bertz CT molecular complexity index is 1290. The van der Waals surface area contributed by atoms with E-state index in [0.717, 1.165) is 46.1 Å². The van der Waals surface area contributed by atoms with Gasteiger partial charge in [0.25, 0.3) is 5.56 Å². The Balaban J connectivity index is 1.85. The van der Waals surface area contributed by atoms with E-state index < -0.39 is 0 Å². The first-order chi connectivity index (χ1) is 14.4. The monoisotopic (exact) mass is 438 g/mol. The van der Waals surface area contributed by atoms with Gasteiger partial charge in [-0.1, -0.05) is 57.7 Å². The third-order valence-corrected chi connectivity index (χ3v) is 8.25. The minimum Gasteiger partial charge on any atom is -0.268 e. The predicted molar refractivity (Wildman–Crippen MR) is 125 cm³/mol. The number of fused-ring (bicyclic) bond motifs is 5. The molecule has 7 heteroatoms. The summed E-state index contributed by atoms with van der Waals surface area (Å²) in [5, 5.41) is 10.6. The molecule has 0 amide bonds. The minimum absolute atomic E-state index is 0.0239. The number of thiophene rings is 1. The molecule has 3 heterocycles. The van der Waals surface area contributed by atoms with Crippen molar-refractivity contribution in [1.82, 2.24) is 19.2 Å². The van der Waals surface area contributed by atoms with Crippen molar-refractivity contribution in [2.24, 2.45) is 11.3 Å². The first-order valence-corrected chi connectivity index (χ1v) is 12.3. The first-order valence-electron chi connectivity index (χ1n) is 10.5. The lowest BCUT2D eigenvalue weighted by Gasteiger charge is -2.33. The lowest BCUT2D eigenvalue weighted by Crippen LogP contribution is -2.27. The number of benzene rings is 1. The lowest BCUT2D eigenvalue weighted by atomic mass is 9.72. The maximum atomic E-state index is 13.8. The van der Waals surface area contributed by atoms with Crippen molar-refractivity contribution in [2.45, 2.75) is 52.1 Å². The summed E-state index contributed by atoms with van der Waals surface area (Å²) in [4.78, 5) is 16.2. The second-order valence-corrected chi connectivity index (χ2v) is 11.3. The van der Waals surface area contributed by atoms with Gasteiger partial charge >= 0.3 is 0 Å². The second-order valence-electron chi connectivity index (χ2n) is 9.02.